The van der Waals surface area contributed by atoms with E-state index >= 15 is 0 Å². The van der Waals surface area contributed by atoms with Crippen LogP contribution in [-0.4, -0.2) is 89.6 Å². The average Bonchev–Trinajstić information content (AvgIpc) is 3.92. The van der Waals surface area contributed by atoms with Crippen LogP contribution >= 0.6 is 0 Å². The maximum atomic E-state index is 14.7. The van der Waals surface area contributed by atoms with E-state index in [1.165, 1.54) is 0 Å². The standard InChI is InChI=1S/C38H63N5O7S/c1-7-8-17-27(31(44)33(46)39-25-18-19-25)40-32(45)30-28-26(37(28,5)6)22-43(30)34(47)29(24-15-11-9-12-16-24)41-35(48)42-38(20-13-10-14-21-38)23-51(49,50)36(2,3)4/h24-30H,7-23H2,1-6H3,(H,39,46)(H,40,45)(H2,41,42,48)/t26-,27-,28-,29-,30-/m0/s1. The highest BCUT2D eigenvalue weighted by Gasteiger charge is 2.69. The summed E-state index contributed by atoms with van der Waals surface area (Å²) in [4.78, 5) is 70.5. The van der Waals surface area contributed by atoms with Crippen LogP contribution in [0.1, 0.15) is 138 Å². The normalized spacial score (nSPS) is 27.0. The molecule has 4 aliphatic carbocycles. The number of Topliss-reactive ketones (excluding diaryl/α,β-unsaturated/α-hetero) is 1. The SMILES string of the molecule is CCCC[C@H](NC(=O)[C@@H]1[C@@H]2[C@H](CN1C(=O)[C@@H](NC(=O)NC1(CS(=O)(=O)C(C)(C)C)CCCCC1)C1CCCCC1)C2(C)C)C(=O)C(=O)NC1CC1. The van der Waals surface area contributed by atoms with E-state index in [2.05, 4.69) is 35.1 Å². The van der Waals surface area contributed by atoms with Gasteiger partial charge in [-0.25, -0.2) is 13.2 Å². The molecule has 5 amide bonds. The van der Waals surface area contributed by atoms with Gasteiger partial charge in [-0.2, -0.15) is 0 Å². The molecule has 13 heteroatoms. The second-order valence-corrected chi connectivity index (χ2v) is 20.6. The van der Waals surface area contributed by atoms with Crippen molar-refractivity contribution < 1.29 is 32.4 Å². The summed E-state index contributed by atoms with van der Waals surface area (Å²) in [6.45, 7) is 11.6. The third-order valence-corrected chi connectivity index (χ3v) is 15.4. The highest BCUT2D eigenvalue weighted by atomic mass is 32.2. The Morgan fingerprint density at radius 2 is 1.51 bits per heavy atom. The summed E-state index contributed by atoms with van der Waals surface area (Å²) in [5, 5.41) is 11.7. The summed E-state index contributed by atoms with van der Waals surface area (Å²) in [5.74, 6) is -2.40. The Morgan fingerprint density at radius 3 is 2.10 bits per heavy atom. The second-order valence-electron chi connectivity index (χ2n) is 17.9. The Kier molecular flexibility index (Phi) is 11.9. The third kappa shape index (κ3) is 8.92. The maximum absolute atomic E-state index is 14.7. The number of rotatable bonds is 14. The number of fused-ring (bicyclic) bond motifs is 1. The van der Waals surface area contributed by atoms with E-state index in [0.29, 0.717) is 32.2 Å². The van der Waals surface area contributed by atoms with Gasteiger partial charge in [-0.3, -0.25) is 19.2 Å². The van der Waals surface area contributed by atoms with Gasteiger partial charge < -0.3 is 26.2 Å². The van der Waals surface area contributed by atoms with Gasteiger partial charge in [0.1, 0.15) is 12.1 Å². The van der Waals surface area contributed by atoms with Crippen LogP contribution in [0.3, 0.4) is 0 Å². The Balaban J connectivity index is 1.36. The minimum Gasteiger partial charge on any atom is -0.347 e. The zero-order valence-electron chi connectivity index (χ0n) is 31.8. The number of unbranched alkanes of at least 4 members (excludes halogenated alkanes) is 1. The summed E-state index contributed by atoms with van der Waals surface area (Å²) >= 11 is 0. The van der Waals surface area contributed by atoms with Crippen LogP contribution in [-0.2, 0) is 29.0 Å². The first-order valence-corrected chi connectivity index (χ1v) is 21.3. The zero-order chi connectivity index (χ0) is 37.4. The Hall–Kier alpha value is -2.70. The number of nitrogens with one attached hydrogen (secondary N) is 4. The molecule has 0 spiro atoms. The van der Waals surface area contributed by atoms with Gasteiger partial charge >= 0.3 is 6.03 Å². The number of carbonyl (C=O) groups is 5. The van der Waals surface area contributed by atoms with E-state index in [1.54, 1.807) is 25.7 Å². The number of urea groups is 1. The van der Waals surface area contributed by atoms with Gasteiger partial charge in [0.05, 0.1) is 22.1 Å². The average molecular weight is 734 g/mol. The number of hydrogen-bond donors (Lipinski definition) is 4. The number of likely N-dealkylation sites (tertiary alicyclic amines) is 1. The highest BCUT2D eigenvalue weighted by molar-refractivity contribution is 7.92. The van der Waals surface area contributed by atoms with Crippen LogP contribution in [0.2, 0.25) is 0 Å². The smallest absolute Gasteiger partial charge is 0.315 e. The lowest BCUT2D eigenvalue weighted by atomic mass is 9.82. The lowest BCUT2D eigenvalue weighted by Crippen LogP contribution is -2.63. The van der Waals surface area contributed by atoms with Crippen molar-refractivity contribution in [2.24, 2.45) is 23.2 Å². The van der Waals surface area contributed by atoms with Gasteiger partial charge in [0.25, 0.3) is 5.91 Å². The van der Waals surface area contributed by atoms with Gasteiger partial charge in [-0.05, 0) is 88.9 Å². The molecule has 4 N–H and O–H groups in total. The van der Waals surface area contributed by atoms with E-state index in [4.69, 9.17) is 0 Å². The number of sulfone groups is 1. The molecule has 4 saturated carbocycles. The van der Waals surface area contributed by atoms with Crippen molar-refractivity contribution in [2.45, 2.75) is 172 Å². The fraction of sp³-hybridized carbons (Fsp3) is 0.868. The fourth-order valence-corrected chi connectivity index (χ4v) is 10.5. The molecule has 0 aromatic rings. The molecule has 0 aromatic heterocycles. The number of hydrogen-bond acceptors (Lipinski definition) is 7. The van der Waals surface area contributed by atoms with E-state index < -0.39 is 61.9 Å². The molecular weight excluding hydrogens is 671 g/mol. The lowest BCUT2D eigenvalue weighted by molar-refractivity contribution is -0.145. The van der Waals surface area contributed by atoms with Crippen LogP contribution in [0.5, 0.6) is 0 Å². The molecule has 1 aliphatic heterocycles. The second kappa shape index (κ2) is 15.3. The van der Waals surface area contributed by atoms with Crippen molar-refractivity contribution >= 4 is 39.4 Å². The van der Waals surface area contributed by atoms with Gasteiger partial charge in [-0.15, -0.1) is 0 Å². The minimum absolute atomic E-state index is 0.0113. The molecule has 5 rings (SSSR count). The van der Waals surface area contributed by atoms with E-state index in [-0.39, 0.29) is 40.9 Å². The minimum atomic E-state index is -3.55. The van der Waals surface area contributed by atoms with Crippen LogP contribution in [0, 0.1) is 23.2 Å². The number of ketones is 1. The molecule has 51 heavy (non-hydrogen) atoms. The summed E-state index contributed by atoms with van der Waals surface area (Å²) in [5.41, 5.74) is -1.11. The molecule has 1 saturated heterocycles. The number of carbonyl (C=O) groups excluding carboxylic acids is 5. The van der Waals surface area contributed by atoms with Crippen molar-refractivity contribution in [1.29, 1.82) is 0 Å². The Morgan fingerprint density at radius 1 is 0.882 bits per heavy atom. The molecule has 0 aromatic carbocycles. The van der Waals surface area contributed by atoms with Crippen LogP contribution < -0.4 is 21.3 Å². The first-order valence-electron chi connectivity index (χ1n) is 19.7. The summed E-state index contributed by atoms with van der Waals surface area (Å²) in [7, 11) is -3.55. The quantitative estimate of drug-likeness (QED) is 0.194. The molecule has 5 atom stereocenters. The first-order chi connectivity index (χ1) is 23.9. The van der Waals surface area contributed by atoms with Gasteiger partial charge in [0.2, 0.25) is 17.6 Å². The number of nitrogens with zero attached hydrogens (tertiary/aromatic N) is 1. The zero-order valence-corrected chi connectivity index (χ0v) is 32.6. The number of piperidine rings is 1. The monoisotopic (exact) mass is 733 g/mol. The first kappa shape index (κ1) is 39.5. The van der Waals surface area contributed by atoms with Crippen molar-refractivity contribution in [3.05, 3.63) is 0 Å². The van der Waals surface area contributed by atoms with Crippen molar-refractivity contribution in [3.63, 3.8) is 0 Å². The van der Waals surface area contributed by atoms with Crippen LogP contribution in [0.25, 0.3) is 0 Å². The molecule has 1 heterocycles. The predicted molar refractivity (Wildman–Crippen MR) is 195 cm³/mol. The molecule has 5 aliphatic rings. The highest BCUT2D eigenvalue weighted by Crippen LogP contribution is 2.65. The van der Waals surface area contributed by atoms with Gasteiger partial charge in [0.15, 0.2) is 9.84 Å². The van der Waals surface area contributed by atoms with E-state index in [9.17, 15) is 32.4 Å². The molecule has 0 bridgehead atoms. The summed E-state index contributed by atoms with van der Waals surface area (Å²) in [6.07, 6.45) is 11.5. The van der Waals surface area contributed by atoms with Crippen molar-refractivity contribution in [1.82, 2.24) is 26.2 Å². The molecular formula is C38H63N5O7S. The third-order valence-electron chi connectivity index (χ3n) is 12.6. The number of amides is 5. The van der Waals surface area contributed by atoms with E-state index in [0.717, 1.165) is 70.6 Å². The maximum Gasteiger partial charge on any atom is 0.315 e. The van der Waals surface area contributed by atoms with Crippen molar-refractivity contribution in [2.75, 3.05) is 12.3 Å². The molecule has 12 nitrogen and oxygen atoms in total. The van der Waals surface area contributed by atoms with Gasteiger partial charge in [0, 0.05) is 12.6 Å². The topological polar surface area (TPSA) is 171 Å². The van der Waals surface area contributed by atoms with E-state index in [1.807, 2.05) is 6.92 Å². The molecule has 5 fully saturated rings. The molecule has 0 unspecified atom stereocenters. The largest absolute Gasteiger partial charge is 0.347 e. The fourth-order valence-electron chi connectivity index (χ4n) is 8.95. The summed E-state index contributed by atoms with van der Waals surface area (Å²) in [6, 6.07) is -3.25. The van der Waals surface area contributed by atoms with Crippen LogP contribution in [0.4, 0.5) is 4.79 Å². The van der Waals surface area contributed by atoms with Crippen molar-refractivity contribution in [3.8, 4) is 0 Å². The van der Waals surface area contributed by atoms with Gasteiger partial charge in [-0.1, -0.05) is 72.1 Å². The Labute approximate surface area is 305 Å². The molecule has 0 radical (unpaired) electrons. The Bertz CT molecular complexity index is 1440. The predicted octanol–water partition coefficient (Wildman–Crippen LogP) is 4.16. The van der Waals surface area contributed by atoms with Crippen LogP contribution in [0.15, 0.2) is 0 Å². The lowest BCUT2D eigenvalue weighted by Gasteiger charge is -2.41. The molecule has 288 valence electrons. The summed E-state index contributed by atoms with van der Waals surface area (Å²) < 4.78 is 25.8.